The number of anilines is 1. The minimum Gasteiger partial charge on any atom is -0.269 e. The van der Waals surface area contributed by atoms with Gasteiger partial charge in [-0.1, -0.05) is 44.2 Å². The summed E-state index contributed by atoms with van der Waals surface area (Å²) in [5, 5.41) is 13.1. The van der Waals surface area contributed by atoms with Crippen molar-refractivity contribution in [1.82, 2.24) is 0 Å². The van der Waals surface area contributed by atoms with Crippen LogP contribution in [0.5, 0.6) is 0 Å². The molecule has 0 bridgehead atoms. The Morgan fingerprint density at radius 3 is 2.70 bits per heavy atom. The molecule has 118 valence electrons. The number of hydrogen-bond donors (Lipinski definition) is 1. The first-order chi connectivity index (χ1) is 11.0. The summed E-state index contributed by atoms with van der Waals surface area (Å²) in [5.41, 5.74) is 5.66. The Morgan fingerprint density at radius 2 is 2.00 bits per heavy atom. The average molecular weight is 324 g/mol. The zero-order valence-corrected chi connectivity index (χ0v) is 14.7. The maximum absolute atomic E-state index is 9.72. The number of H-pyrrole nitrogens is 1. The fourth-order valence-corrected chi connectivity index (χ4v) is 4.20. The summed E-state index contributed by atoms with van der Waals surface area (Å²) >= 11 is 1.96. The molecule has 0 fully saturated rings. The molecule has 1 aromatic heterocycles. The van der Waals surface area contributed by atoms with Gasteiger partial charge in [0.2, 0.25) is 0 Å². The molecule has 4 heteroatoms. The summed E-state index contributed by atoms with van der Waals surface area (Å²) in [5.74, 6) is 1.81. The normalized spacial score (nSPS) is 15.6. The number of aromatic amines is 1. The molecule has 3 rings (SSSR count). The number of thioether (sulfide) groups is 1. The highest BCUT2D eigenvalue weighted by molar-refractivity contribution is 7.99. The predicted octanol–water partition coefficient (Wildman–Crippen LogP) is 3.86. The molecule has 1 aliphatic rings. The van der Waals surface area contributed by atoms with Crippen LogP contribution in [-0.4, -0.2) is 4.75 Å². The number of nitriles is 1. The number of aromatic nitrogens is 1. The van der Waals surface area contributed by atoms with Crippen LogP contribution in [0, 0.1) is 18.3 Å². The summed E-state index contributed by atoms with van der Waals surface area (Å²) in [6, 6.07) is 12.7. The van der Waals surface area contributed by atoms with Gasteiger partial charge in [-0.05, 0) is 24.5 Å². The summed E-state index contributed by atoms with van der Waals surface area (Å²) in [7, 11) is 0. The third kappa shape index (κ3) is 3.35. The van der Waals surface area contributed by atoms with Crippen LogP contribution in [0.15, 0.2) is 30.3 Å². The van der Waals surface area contributed by atoms with Crippen LogP contribution < -0.4 is 10.3 Å². The van der Waals surface area contributed by atoms with Gasteiger partial charge in [0, 0.05) is 16.1 Å². The van der Waals surface area contributed by atoms with Gasteiger partial charge in [0.25, 0.3) is 5.82 Å². The smallest absolute Gasteiger partial charge is 0.269 e. The van der Waals surface area contributed by atoms with Crippen molar-refractivity contribution >= 4 is 17.6 Å². The second-order valence-electron chi connectivity index (χ2n) is 6.63. The quantitative estimate of drug-likeness (QED) is 0.932. The van der Waals surface area contributed by atoms with E-state index in [1.165, 1.54) is 16.7 Å². The first kappa shape index (κ1) is 15.9. The Morgan fingerprint density at radius 1 is 1.26 bits per heavy atom. The number of pyridine rings is 1. The fraction of sp³-hybridized carbons (Fsp3) is 0.368. The van der Waals surface area contributed by atoms with E-state index in [4.69, 9.17) is 0 Å². The van der Waals surface area contributed by atoms with Gasteiger partial charge >= 0.3 is 0 Å². The molecule has 2 N–H and O–H groups in total. The van der Waals surface area contributed by atoms with E-state index in [9.17, 15) is 5.26 Å². The Balaban J connectivity index is 1.95. The van der Waals surface area contributed by atoms with E-state index in [0.29, 0.717) is 6.54 Å². The molecule has 0 atom stereocenters. The van der Waals surface area contributed by atoms with Gasteiger partial charge in [-0.3, -0.25) is 5.32 Å². The van der Waals surface area contributed by atoms with Crippen LogP contribution in [0.1, 0.15) is 41.8 Å². The summed E-state index contributed by atoms with van der Waals surface area (Å²) in [6.45, 7) is 7.32. The molecule has 0 saturated heterocycles. The van der Waals surface area contributed by atoms with Gasteiger partial charge in [0.15, 0.2) is 0 Å². The SMILES string of the molecule is Cc1[nH+]c(NCc2ccccc2)c(C#N)c2c1CSC(C)(C)C2. The van der Waals surface area contributed by atoms with Crippen molar-refractivity contribution in [3.63, 3.8) is 0 Å². The van der Waals surface area contributed by atoms with E-state index < -0.39 is 0 Å². The molecule has 2 heterocycles. The van der Waals surface area contributed by atoms with Crippen molar-refractivity contribution in [2.45, 2.75) is 44.2 Å². The fourth-order valence-electron chi connectivity index (χ4n) is 3.03. The maximum Gasteiger partial charge on any atom is 0.291 e. The minimum atomic E-state index is 0.184. The summed E-state index contributed by atoms with van der Waals surface area (Å²) in [4.78, 5) is 3.41. The van der Waals surface area contributed by atoms with Crippen molar-refractivity contribution in [2.24, 2.45) is 0 Å². The molecular formula is C19H22N3S+. The summed E-state index contributed by atoms with van der Waals surface area (Å²) in [6.07, 6.45) is 0.936. The molecule has 0 aliphatic carbocycles. The maximum atomic E-state index is 9.72. The van der Waals surface area contributed by atoms with Crippen molar-refractivity contribution in [3.8, 4) is 6.07 Å². The lowest BCUT2D eigenvalue weighted by Gasteiger charge is -2.31. The molecule has 23 heavy (non-hydrogen) atoms. The molecule has 1 aliphatic heterocycles. The highest BCUT2D eigenvalue weighted by Gasteiger charge is 2.32. The van der Waals surface area contributed by atoms with Crippen molar-refractivity contribution < 1.29 is 4.98 Å². The van der Waals surface area contributed by atoms with Crippen LogP contribution in [0.2, 0.25) is 0 Å². The highest BCUT2D eigenvalue weighted by Crippen LogP contribution is 2.40. The lowest BCUT2D eigenvalue weighted by molar-refractivity contribution is -0.372. The molecule has 3 nitrogen and oxygen atoms in total. The van der Waals surface area contributed by atoms with Crippen LogP contribution in [0.3, 0.4) is 0 Å². The van der Waals surface area contributed by atoms with Gasteiger partial charge in [-0.25, -0.2) is 4.98 Å². The molecule has 2 aromatic rings. The first-order valence-electron chi connectivity index (χ1n) is 7.89. The molecular weight excluding hydrogens is 302 g/mol. The standard InChI is InChI=1S/C19H21N3S/c1-13-17-12-23-19(2,3)9-15(17)16(10-20)18(22-13)21-11-14-7-5-4-6-8-14/h4-8H,9,11-12H2,1-3H3,(H,21,22)/p+1. The summed E-state index contributed by atoms with van der Waals surface area (Å²) < 4.78 is 0.184. The topological polar surface area (TPSA) is 50.0 Å². The van der Waals surface area contributed by atoms with E-state index in [0.717, 1.165) is 29.2 Å². The number of aryl methyl sites for hydroxylation is 1. The molecule has 0 radical (unpaired) electrons. The number of benzene rings is 1. The number of rotatable bonds is 3. The third-order valence-corrected chi connectivity index (χ3v) is 5.67. The molecule has 0 amide bonds. The molecule has 1 aromatic carbocycles. The minimum absolute atomic E-state index is 0.184. The molecule has 0 saturated carbocycles. The molecule has 0 spiro atoms. The van der Waals surface area contributed by atoms with Crippen molar-refractivity contribution in [2.75, 3.05) is 5.32 Å². The second-order valence-corrected chi connectivity index (χ2v) is 8.32. The number of fused-ring (bicyclic) bond motifs is 1. The zero-order chi connectivity index (χ0) is 16.4. The largest absolute Gasteiger partial charge is 0.291 e. The third-order valence-electron chi connectivity index (χ3n) is 4.31. The van der Waals surface area contributed by atoms with Gasteiger partial charge in [0.05, 0.1) is 0 Å². The Labute approximate surface area is 142 Å². The number of nitrogens with zero attached hydrogens (tertiary/aromatic N) is 1. The predicted molar refractivity (Wildman–Crippen MR) is 95.3 cm³/mol. The Kier molecular flexibility index (Phi) is 4.32. The van der Waals surface area contributed by atoms with E-state index >= 15 is 0 Å². The number of hydrogen-bond acceptors (Lipinski definition) is 3. The van der Waals surface area contributed by atoms with Gasteiger partial charge in [-0.2, -0.15) is 17.0 Å². The lowest BCUT2D eigenvalue weighted by Crippen LogP contribution is -2.30. The van der Waals surface area contributed by atoms with Crippen LogP contribution in [0.25, 0.3) is 0 Å². The van der Waals surface area contributed by atoms with Gasteiger partial charge < -0.3 is 0 Å². The monoisotopic (exact) mass is 324 g/mol. The van der Waals surface area contributed by atoms with E-state index in [2.05, 4.69) is 49.3 Å². The van der Waals surface area contributed by atoms with Crippen molar-refractivity contribution in [3.05, 3.63) is 58.3 Å². The van der Waals surface area contributed by atoms with Crippen LogP contribution in [-0.2, 0) is 18.7 Å². The van der Waals surface area contributed by atoms with Gasteiger partial charge in [0.1, 0.15) is 23.9 Å². The van der Waals surface area contributed by atoms with E-state index in [1.54, 1.807) is 0 Å². The Hall–Kier alpha value is -1.99. The highest BCUT2D eigenvalue weighted by atomic mass is 32.2. The second kappa shape index (κ2) is 6.25. The lowest BCUT2D eigenvalue weighted by atomic mass is 9.92. The average Bonchev–Trinajstić information content (AvgIpc) is 2.53. The first-order valence-corrected chi connectivity index (χ1v) is 8.88. The van der Waals surface area contributed by atoms with E-state index in [-0.39, 0.29) is 4.75 Å². The molecule has 0 unspecified atom stereocenters. The number of nitrogens with one attached hydrogen (secondary N) is 2. The van der Waals surface area contributed by atoms with Crippen molar-refractivity contribution in [1.29, 1.82) is 5.26 Å². The van der Waals surface area contributed by atoms with Crippen LogP contribution >= 0.6 is 11.8 Å². The van der Waals surface area contributed by atoms with E-state index in [1.807, 2.05) is 30.0 Å². The Bertz CT molecular complexity index is 760. The van der Waals surface area contributed by atoms with Crippen LogP contribution in [0.4, 0.5) is 5.82 Å². The van der Waals surface area contributed by atoms with Gasteiger partial charge in [-0.15, -0.1) is 0 Å². The zero-order valence-electron chi connectivity index (χ0n) is 13.9.